The van der Waals surface area contributed by atoms with E-state index in [1.54, 1.807) is 20.8 Å². The van der Waals surface area contributed by atoms with E-state index in [0.717, 1.165) is 19.4 Å². The van der Waals surface area contributed by atoms with E-state index in [2.05, 4.69) is 58.2 Å². The van der Waals surface area contributed by atoms with E-state index in [1.807, 2.05) is 4.90 Å². The Morgan fingerprint density at radius 3 is 2.76 bits per heavy atom. The minimum absolute atomic E-state index is 0.142. The van der Waals surface area contributed by atoms with Crippen molar-refractivity contribution < 1.29 is 14.3 Å². The van der Waals surface area contributed by atoms with Gasteiger partial charge in [-0.15, -0.1) is 0 Å². The third kappa shape index (κ3) is 4.60. The van der Waals surface area contributed by atoms with Gasteiger partial charge in [0, 0.05) is 42.1 Å². The van der Waals surface area contributed by atoms with Crippen molar-refractivity contribution in [1.82, 2.24) is 19.7 Å². The van der Waals surface area contributed by atoms with Crippen molar-refractivity contribution in [3.05, 3.63) is 47.3 Å². The maximum atomic E-state index is 13.4. The number of para-hydroxylation sites is 1. The average Bonchev–Trinajstić information content (AvgIpc) is 3.34. The number of hydrogen-bond acceptors (Lipinski definition) is 4. The van der Waals surface area contributed by atoms with E-state index in [-0.39, 0.29) is 17.6 Å². The molecule has 1 aliphatic rings. The average molecular weight is 452 g/mol. The molecule has 0 bridgehead atoms. The summed E-state index contributed by atoms with van der Waals surface area (Å²) in [6, 6.07) is 8.49. The van der Waals surface area contributed by atoms with Crippen LogP contribution in [0.5, 0.6) is 0 Å². The number of rotatable bonds is 4. The SMILES string of the molecule is CCn1c(C2CCCN(C(=O)c3cn[nH]c3NC(=O)OC(C)(C)C)C2)c(C)c2ccccc21. The number of amides is 2. The number of carbonyl (C=O) groups excluding carboxylic acids is 2. The van der Waals surface area contributed by atoms with E-state index in [4.69, 9.17) is 4.74 Å². The third-order valence-corrected chi connectivity index (χ3v) is 6.18. The summed E-state index contributed by atoms with van der Waals surface area (Å²) in [4.78, 5) is 27.5. The summed E-state index contributed by atoms with van der Waals surface area (Å²) in [5, 5.41) is 10.6. The number of aromatic amines is 1. The van der Waals surface area contributed by atoms with Crippen molar-refractivity contribution in [2.45, 2.75) is 65.5 Å². The number of hydrogen-bond donors (Lipinski definition) is 2. The van der Waals surface area contributed by atoms with E-state index in [1.165, 1.54) is 28.4 Å². The van der Waals surface area contributed by atoms with Crippen LogP contribution in [-0.2, 0) is 11.3 Å². The lowest BCUT2D eigenvalue weighted by molar-refractivity contribution is 0.0635. The quantitative estimate of drug-likeness (QED) is 0.580. The normalized spacial score (nSPS) is 16.8. The molecule has 8 heteroatoms. The lowest BCUT2D eigenvalue weighted by Crippen LogP contribution is -2.40. The molecule has 2 amide bonds. The molecule has 3 heterocycles. The number of nitrogens with one attached hydrogen (secondary N) is 2. The molecule has 1 saturated heterocycles. The molecule has 1 atom stereocenters. The van der Waals surface area contributed by atoms with Gasteiger partial charge < -0.3 is 14.2 Å². The molecule has 0 spiro atoms. The van der Waals surface area contributed by atoms with Crippen molar-refractivity contribution >= 4 is 28.7 Å². The lowest BCUT2D eigenvalue weighted by atomic mass is 9.91. The van der Waals surface area contributed by atoms with Crippen LogP contribution in [0, 0.1) is 6.92 Å². The van der Waals surface area contributed by atoms with Gasteiger partial charge in [0.25, 0.3) is 5.91 Å². The zero-order valence-electron chi connectivity index (χ0n) is 20.1. The summed E-state index contributed by atoms with van der Waals surface area (Å²) >= 11 is 0. The molecule has 1 fully saturated rings. The number of ether oxygens (including phenoxy) is 1. The Morgan fingerprint density at radius 2 is 2.03 bits per heavy atom. The maximum absolute atomic E-state index is 13.4. The van der Waals surface area contributed by atoms with Crippen molar-refractivity contribution in [1.29, 1.82) is 0 Å². The van der Waals surface area contributed by atoms with Crippen LogP contribution in [0.2, 0.25) is 0 Å². The number of anilines is 1. The zero-order valence-corrected chi connectivity index (χ0v) is 20.1. The molecule has 33 heavy (non-hydrogen) atoms. The van der Waals surface area contributed by atoms with Gasteiger partial charge in [0.15, 0.2) is 0 Å². The number of likely N-dealkylation sites (tertiary alicyclic amines) is 1. The number of H-pyrrole nitrogens is 1. The van der Waals surface area contributed by atoms with Gasteiger partial charge in [-0.25, -0.2) is 4.79 Å². The fourth-order valence-corrected chi connectivity index (χ4v) is 4.87. The Hall–Kier alpha value is -3.29. The minimum atomic E-state index is -0.635. The van der Waals surface area contributed by atoms with Gasteiger partial charge in [-0.05, 0) is 59.1 Å². The molecule has 0 aliphatic carbocycles. The summed E-state index contributed by atoms with van der Waals surface area (Å²) < 4.78 is 7.69. The zero-order chi connectivity index (χ0) is 23.8. The van der Waals surface area contributed by atoms with Crippen LogP contribution in [0.25, 0.3) is 10.9 Å². The molecule has 176 valence electrons. The summed E-state index contributed by atoms with van der Waals surface area (Å²) in [5.74, 6) is 0.371. The topological polar surface area (TPSA) is 92.3 Å². The first-order valence-corrected chi connectivity index (χ1v) is 11.6. The molecule has 4 rings (SSSR count). The monoisotopic (exact) mass is 451 g/mol. The van der Waals surface area contributed by atoms with E-state index >= 15 is 0 Å². The van der Waals surface area contributed by atoms with Crippen molar-refractivity contribution in [3.63, 3.8) is 0 Å². The van der Waals surface area contributed by atoms with Gasteiger partial charge in [-0.2, -0.15) is 5.10 Å². The minimum Gasteiger partial charge on any atom is -0.444 e. The highest BCUT2D eigenvalue weighted by molar-refractivity contribution is 6.01. The first-order valence-electron chi connectivity index (χ1n) is 11.6. The molecule has 1 aliphatic heterocycles. The molecular weight excluding hydrogens is 418 g/mol. The summed E-state index contributed by atoms with van der Waals surface area (Å²) in [6.07, 6.45) is 2.80. The molecule has 1 unspecified atom stereocenters. The number of benzene rings is 1. The highest BCUT2D eigenvalue weighted by Crippen LogP contribution is 2.36. The number of carbonyl (C=O) groups is 2. The van der Waals surface area contributed by atoms with Crippen LogP contribution >= 0.6 is 0 Å². The second-order valence-electron chi connectivity index (χ2n) is 9.65. The van der Waals surface area contributed by atoms with Crippen molar-refractivity contribution in [3.8, 4) is 0 Å². The fourth-order valence-electron chi connectivity index (χ4n) is 4.87. The van der Waals surface area contributed by atoms with E-state index in [0.29, 0.717) is 18.7 Å². The number of piperidine rings is 1. The molecule has 2 N–H and O–H groups in total. The second-order valence-corrected chi connectivity index (χ2v) is 9.65. The van der Waals surface area contributed by atoms with Crippen LogP contribution in [0.1, 0.15) is 68.1 Å². The van der Waals surface area contributed by atoms with Crippen LogP contribution < -0.4 is 5.32 Å². The fraction of sp³-hybridized carbons (Fsp3) is 0.480. The summed E-state index contributed by atoms with van der Waals surface area (Å²) in [6.45, 7) is 11.9. The largest absolute Gasteiger partial charge is 0.444 e. The number of fused-ring (bicyclic) bond motifs is 1. The number of nitrogens with zero attached hydrogens (tertiary/aromatic N) is 3. The van der Waals surface area contributed by atoms with Gasteiger partial charge in [0.1, 0.15) is 17.0 Å². The molecular formula is C25H33N5O3. The summed E-state index contributed by atoms with van der Waals surface area (Å²) in [5.41, 5.74) is 3.56. The van der Waals surface area contributed by atoms with E-state index in [9.17, 15) is 9.59 Å². The van der Waals surface area contributed by atoms with Crippen molar-refractivity contribution in [2.75, 3.05) is 18.4 Å². The highest BCUT2D eigenvalue weighted by Gasteiger charge is 2.31. The number of aryl methyl sites for hydroxylation is 2. The molecule has 0 radical (unpaired) electrons. The molecule has 2 aromatic heterocycles. The first kappa shape index (κ1) is 22.9. The summed E-state index contributed by atoms with van der Waals surface area (Å²) in [7, 11) is 0. The second kappa shape index (κ2) is 8.92. The Bertz CT molecular complexity index is 1170. The first-order chi connectivity index (χ1) is 15.7. The maximum Gasteiger partial charge on any atom is 0.413 e. The van der Waals surface area contributed by atoms with Gasteiger partial charge >= 0.3 is 6.09 Å². The molecule has 0 saturated carbocycles. The third-order valence-electron chi connectivity index (χ3n) is 6.18. The molecule has 3 aromatic rings. The molecule has 8 nitrogen and oxygen atoms in total. The van der Waals surface area contributed by atoms with Crippen LogP contribution in [0.4, 0.5) is 10.6 Å². The van der Waals surface area contributed by atoms with Gasteiger partial charge in [-0.3, -0.25) is 15.2 Å². The highest BCUT2D eigenvalue weighted by atomic mass is 16.6. The van der Waals surface area contributed by atoms with Crippen LogP contribution in [-0.4, -0.2) is 50.4 Å². The van der Waals surface area contributed by atoms with E-state index < -0.39 is 11.7 Å². The lowest BCUT2D eigenvalue weighted by Gasteiger charge is -2.34. The Balaban J connectivity index is 1.56. The molecule has 1 aromatic carbocycles. The van der Waals surface area contributed by atoms with Crippen LogP contribution in [0.3, 0.4) is 0 Å². The Kier molecular flexibility index (Phi) is 6.19. The van der Waals surface area contributed by atoms with Gasteiger partial charge in [0.05, 0.1) is 6.20 Å². The van der Waals surface area contributed by atoms with Gasteiger partial charge in [-0.1, -0.05) is 18.2 Å². The van der Waals surface area contributed by atoms with Crippen LogP contribution in [0.15, 0.2) is 30.5 Å². The predicted molar refractivity (Wildman–Crippen MR) is 129 cm³/mol. The Labute approximate surface area is 194 Å². The smallest absolute Gasteiger partial charge is 0.413 e. The van der Waals surface area contributed by atoms with Crippen molar-refractivity contribution in [2.24, 2.45) is 0 Å². The standard InChI is InChI=1S/C25H33N5O3/c1-6-30-20-12-8-7-11-18(20)16(2)21(30)17-10-9-13-29(15-17)23(31)19-14-26-28-22(19)27-24(32)33-25(3,4)5/h7-8,11-12,14,17H,6,9-10,13,15H2,1-5H3,(H2,26,27,28,32). The van der Waals surface area contributed by atoms with Gasteiger partial charge in [0.2, 0.25) is 0 Å². The Morgan fingerprint density at radius 1 is 1.27 bits per heavy atom. The predicted octanol–water partition coefficient (Wildman–Crippen LogP) is 5.06. The number of aromatic nitrogens is 3.